The van der Waals surface area contributed by atoms with Crippen LogP contribution in [-0.4, -0.2) is 35.6 Å². The first-order chi connectivity index (χ1) is 11.6. The summed E-state index contributed by atoms with van der Waals surface area (Å²) >= 11 is 1.68. The molecule has 1 heterocycles. The number of aromatic nitrogens is 2. The van der Waals surface area contributed by atoms with Crippen LogP contribution in [0.3, 0.4) is 0 Å². The van der Waals surface area contributed by atoms with Crippen LogP contribution in [-0.2, 0) is 18.8 Å². The van der Waals surface area contributed by atoms with E-state index in [2.05, 4.69) is 20.7 Å². The second-order valence-corrected chi connectivity index (χ2v) is 6.35. The van der Waals surface area contributed by atoms with Gasteiger partial charge >= 0.3 is 0 Å². The average Bonchev–Trinajstić information content (AvgIpc) is 2.98. The Kier molecular flexibility index (Phi) is 9.88. The Hall–Kier alpha value is -1.29. The quantitative estimate of drug-likeness (QED) is 0.366. The topological polar surface area (TPSA) is 54.2 Å². The van der Waals surface area contributed by atoms with Crippen molar-refractivity contribution in [2.24, 2.45) is 4.99 Å². The molecule has 8 heteroatoms. The van der Waals surface area contributed by atoms with Gasteiger partial charge < -0.3 is 10.6 Å². The summed E-state index contributed by atoms with van der Waals surface area (Å²) in [5.74, 6) is 1.32. The maximum absolute atomic E-state index is 13.4. The lowest BCUT2D eigenvalue weighted by molar-refractivity contribution is 0.597. The lowest BCUT2D eigenvalue weighted by Crippen LogP contribution is -2.38. The molecule has 0 radical (unpaired) electrons. The molecule has 0 amide bonds. The van der Waals surface area contributed by atoms with Crippen molar-refractivity contribution in [3.8, 4) is 0 Å². The first-order valence-corrected chi connectivity index (χ1v) is 9.21. The van der Waals surface area contributed by atoms with Crippen molar-refractivity contribution in [1.82, 2.24) is 20.4 Å². The van der Waals surface area contributed by atoms with Gasteiger partial charge in [-0.2, -0.15) is 16.9 Å². The summed E-state index contributed by atoms with van der Waals surface area (Å²) < 4.78 is 15.3. The van der Waals surface area contributed by atoms with Gasteiger partial charge in [-0.3, -0.25) is 9.67 Å². The third kappa shape index (κ3) is 7.23. The van der Waals surface area contributed by atoms with E-state index < -0.39 is 0 Å². The first-order valence-electron chi connectivity index (χ1n) is 7.82. The van der Waals surface area contributed by atoms with Gasteiger partial charge in [-0.05, 0) is 42.0 Å². The Balaban J connectivity index is 0.00000312. The molecular formula is C17H25FIN5S. The highest BCUT2D eigenvalue weighted by Gasteiger charge is 2.05. The van der Waals surface area contributed by atoms with Crippen molar-refractivity contribution < 1.29 is 4.39 Å². The Morgan fingerprint density at radius 1 is 1.32 bits per heavy atom. The highest BCUT2D eigenvalue weighted by Crippen LogP contribution is 2.16. The van der Waals surface area contributed by atoms with Crippen LogP contribution in [0.15, 0.2) is 35.6 Å². The predicted molar refractivity (Wildman–Crippen MR) is 114 cm³/mol. The minimum atomic E-state index is -0.195. The second-order valence-electron chi connectivity index (χ2n) is 5.48. The zero-order valence-corrected chi connectivity index (χ0v) is 17.9. The van der Waals surface area contributed by atoms with Crippen molar-refractivity contribution in [2.75, 3.05) is 19.8 Å². The van der Waals surface area contributed by atoms with Crippen molar-refractivity contribution in [3.05, 3.63) is 53.1 Å². The second kappa shape index (κ2) is 11.3. The summed E-state index contributed by atoms with van der Waals surface area (Å²) in [5, 5.41) is 10.8. The zero-order valence-electron chi connectivity index (χ0n) is 14.8. The molecule has 138 valence electrons. The predicted octanol–water partition coefficient (Wildman–Crippen LogP) is 3.18. The van der Waals surface area contributed by atoms with Gasteiger partial charge in [0.15, 0.2) is 5.96 Å². The number of guanidine groups is 1. The van der Waals surface area contributed by atoms with E-state index in [1.165, 1.54) is 6.07 Å². The van der Waals surface area contributed by atoms with Crippen LogP contribution >= 0.6 is 35.7 Å². The molecule has 2 aromatic rings. The third-order valence-corrected chi connectivity index (χ3v) is 4.13. The molecule has 0 spiro atoms. The summed E-state index contributed by atoms with van der Waals surface area (Å²) in [5.41, 5.74) is 3.24. The van der Waals surface area contributed by atoms with Gasteiger partial charge in [0.05, 0.1) is 12.7 Å². The van der Waals surface area contributed by atoms with E-state index in [9.17, 15) is 4.39 Å². The minimum Gasteiger partial charge on any atom is -0.355 e. The number of halogens is 2. The molecule has 0 aliphatic carbocycles. The number of aliphatic imine (C=N–C) groups is 1. The number of hydrogen-bond acceptors (Lipinski definition) is 3. The molecule has 0 aliphatic rings. The van der Waals surface area contributed by atoms with Crippen LogP contribution < -0.4 is 10.6 Å². The highest BCUT2D eigenvalue weighted by molar-refractivity contribution is 14.0. The van der Waals surface area contributed by atoms with Gasteiger partial charge in [-0.1, -0.05) is 6.07 Å². The number of aryl methyl sites for hydroxylation is 1. The van der Waals surface area contributed by atoms with Crippen molar-refractivity contribution >= 4 is 41.7 Å². The van der Waals surface area contributed by atoms with Crippen LogP contribution in [0.25, 0.3) is 0 Å². The maximum atomic E-state index is 13.4. The molecular weight excluding hydrogens is 452 g/mol. The molecule has 0 aliphatic heterocycles. The van der Waals surface area contributed by atoms with Crippen LogP contribution in [0.4, 0.5) is 4.39 Å². The molecule has 2 N–H and O–H groups in total. The monoisotopic (exact) mass is 477 g/mol. The largest absolute Gasteiger partial charge is 0.355 e. The third-order valence-electron chi connectivity index (χ3n) is 3.53. The van der Waals surface area contributed by atoms with E-state index in [0.29, 0.717) is 6.54 Å². The number of nitrogens with one attached hydrogen (secondary N) is 2. The molecule has 1 aromatic carbocycles. The minimum absolute atomic E-state index is 0. The number of benzene rings is 1. The average molecular weight is 477 g/mol. The fourth-order valence-corrected chi connectivity index (χ4v) is 2.91. The van der Waals surface area contributed by atoms with E-state index in [4.69, 9.17) is 0 Å². The van der Waals surface area contributed by atoms with E-state index in [-0.39, 0.29) is 29.8 Å². The Labute approximate surface area is 169 Å². The molecule has 0 saturated heterocycles. The van der Waals surface area contributed by atoms with E-state index >= 15 is 0 Å². The molecule has 0 bridgehead atoms. The van der Waals surface area contributed by atoms with Gasteiger partial charge in [0.1, 0.15) is 5.82 Å². The standard InChI is InChI=1S/C17H24FN5S.HI/c1-13-9-22-23(11-13)7-6-20-17(19-2)21-10-14-4-5-16(18)8-15(14)12-24-3;/h4-5,8-9,11H,6-7,10,12H2,1-3H3,(H2,19,20,21);1H. The molecule has 25 heavy (non-hydrogen) atoms. The SMILES string of the molecule is CN=C(NCCn1cc(C)cn1)NCc1ccc(F)cc1CSC.I. The van der Waals surface area contributed by atoms with Crippen LogP contribution in [0.1, 0.15) is 16.7 Å². The summed E-state index contributed by atoms with van der Waals surface area (Å²) in [7, 11) is 1.74. The van der Waals surface area contributed by atoms with Gasteiger partial charge in [0, 0.05) is 32.1 Å². The molecule has 1 aromatic heterocycles. The summed E-state index contributed by atoms with van der Waals surface area (Å²) in [4.78, 5) is 4.22. The van der Waals surface area contributed by atoms with E-state index in [0.717, 1.165) is 41.5 Å². The van der Waals surface area contributed by atoms with Gasteiger partial charge in [-0.25, -0.2) is 4.39 Å². The van der Waals surface area contributed by atoms with Crippen LogP contribution in [0.2, 0.25) is 0 Å². The van der Waals surface area contributed by atoms with Gasteiger partial charge in [-0.15, -0.1) is 24.0 Å². The van der Waals surface area contributed by atoms with Crippen LogP contribution in [0, 0.1) is 12.7 Å². The lowest BCUT2D eigenvalue weighted by Gasteiger charge is -2.14. The maximum Gasteiger partial charge on any atom is 0.191 e. The Morgan fingerprint density at radius 3 is 2.76 bits per heavy atom. The van der Waals surface area contributed by atoms with Crippen LogP contribution in [0.5, 0.6) is 0 Å². The van der Waals surface area contributed by atoms with Gasteiger partial charge in [0.25, 0.3) is 0 Å². The fourth-order valence-electron chi connectivity index (χ4n) is 2.33. The van der Waals surface area contributed by atoms with Crippen molar-refractivity contribution in [3.63, 3.8) is 0 Å². The van der Waals surface area contributed by atoms with Crippen molar-refractivity contribution in [1.29, 1.82) is 0 Å². The summed E-state index contributed by atoms with van der Waals surface area (Å²) in [6.07, 6.45) is 5.86. The normalized spacial score (nSPS) is 11.1. The summed E-state index contributed by atoms with van der Waals surface area (Å²) in [6.45, 7) is 4.12. The Morgan fingerprint density at radius 2 is 2.12 bits per heavy atom. The van der Waals surface area contributed by atoms with Crippen molar-refractivity contribution in [2.45, 2.75) is 25.8 Å². The first kappa shape index (κ1) is 21.8. The fraction of sp³-hybridized carbons (Fsp3) is 0.412. The summed E-state index contributed by atoms with van der Waals surface area (Å²) in [6, 6.07) is 4.93. The number of hydrogen-bond donors (Lipinski definition) is 2. The van der Waals surface area contributed by atoms with E-state index in [1.54, 1.807) is 24.9 Å². The number of rotatable bonds is 7. The molecule has 0 saturated carbocycles. The van der Waals surface area contributed by atoms with E-state index in [1.807, 2.05) is 36.3 Å². The number of thioether (sulfide) groups is 1. The van der Waals surface area contributed by atoms with Gasteiger partial charge in [0.2, 0.25) is 0 Å². The zero-order chi connectivity index (χ0) is 17.4. The molecule has 5 nitrogen and oxygen atoms in total. The smallest absolute Gasteiger partial charge is 0.191 e. The molecule has 0 fully saturated rings. The molecule has 0 unspecified atom stereocenters. The number of nitrogens with zero attached hydrogens (tertiary/aromatic N) is 3. The molecule has 0 atom stereocenters. The molecule has 2 rings (SSSR count). The lowest BCUT2D eigenvalue weighted by atomic mass is 10.1. The Bertz CT molecular complexity index is 689. The highest BCUT2D eigenvalue weighted by atomic mass is 127.